The van der Waals surface area contributed by atoms with Gasteiger partial charge in [-0.05, 0) is 85.6 Å². The molecule has 188 valence electrons. The SMILES string of the molecule is Cc1ccc(NC2=C(Sc3ccc(NC(=O)c4ccccc4)cc3)C(=O)N(c3ccccc3)C2=O)cc1C. The van der Waals surface area contributed by atoms with E-state index in [0.717, 1.165) is 21.7 Å². The molecule has 3 amide bonds. The van der Waals surface area contributed by atoms with Crippen LogP contribution in [0.1, 0.15) is 21.5 Å². The largest absolute Gasteiger partial charge is 0.350 e. The highest BCUT2D eigenvalue weighted by Crippen LogP contribution is 2.38. The summed E-state index contributed by atoms with van der Waals surface area (Å²) in [5.41, 5.74) is 4.88. The van der Waals surface area contributed by atoms with Gasteiger partial charge in [-0.15, -0.1) is 0 Å². The van der Waals surface area contributed by atoms with Gasteiger partial charge in [0.05, 0.1) is 5.69 Å². The Hall–Kier alpha value is -4.62. The predicted molar refractivity (Wildman–Crippen MR) is 152 cm³/mol. The van der Waals surface area contributed by atoms with E-state index in [1.54, 1.807) is 48.5 Å². The Morgan fingerprint density at radius 1 is 0.711 bits per heavy atom. The van der Waals surface area contributed by atoms with Crippen LogP contribution in [0.4, 0.5) is 17.1 Å². The molecule has 0 unspecified atom stereocenters. The highest BCUT2D eigenvalue weighted by Gasteiger charge is 2.40. The zero-order valence-corrected chi connectivity index (χ0v) is 21.7. The first kappa shape index (κ1) is 25.0. The van der Waals surface area contributed by atoms with E-state index in [0.29, 0.717) is 21.8 Å². The molecular weight excluding hydrogens is 494 g/mol. The normalized spacial score (nSPS) is 13.2. The number of hydrogen-bond acceptors (Lipinski definition) is 5. The highest BCUT2D eigenvalue weighted by atomic mass is 32.2. The monoisotopic (exact) mass is 519 g/mol. The van der Waals surface area contributed by atoms with Crippen LogP contribution in [0.2, 0.25) is 0 Å². The number of benzene rings is 4. The number of aryl methyl sites for hydroxylation is 2. The molecule has 7 heteroatoms. The first-order valence-corrected chi connectivity index (χ1v) is 12.9. The fourth-order valence-electron chi connectivity index (χ4n) is 4.01. The van der Waals surface area contributed by atoms with Crippen molar-refractivity contribution in [3.63, 3.8) is 0 Å². The summed E-state index contributed by atoms with van der Waals surface area (Å²) in [6.07, 6.45) is 0. The molecule has 4 aromatic rings. The smallest absolute Gasteiger partial charge is 0.283 e. The lowest BCUT2D eigenvalue weighted by Crippen LogP contribution is -2.32. The molecule has 0 aromatic heterocycles. The van der Waals surface area contributed by atoms with Crippen molar-refractivity contribution >= 4 is 46.5 Å². The summed E-state index contributed by atoms with van der Waals surface area (Å²) in [5.74, 6) is -1.00. The molecule has 38 heavy (non-hydrogen) atoms. The molecule has 2 N–H and O–H groups in total. The minimum atomic E-state index is -0.409. The molecule has 0 fully saturated rings. The number of nitrogens with zero attached hydrogens (tertiary/aromatic N) is 1. The number of amides is 3. The van der Waals surface area contributed by atoms with Crippen molar-refractivity contribution in [3.05, 3.63) is 130 Å². The predicted octanol–water partition coefficient (Wildman–Crippen LogP) is 6.54. The van der Waals surface area contributed by atoms with Crippen molar-refractivity contribution in [2.45, 2.75) is 18.7 Å². The summed E-state index contributed by atoms with van der Waals surface area (Å²) in [5, 5.41) is 6.08. The maximum atomic E-state index is 13.5. The van der Waals surface area contributed by atoms with Crippen LogP contribution in [-0.2, 0) is 9.59 Å². The summed E-state index contributed by atoms with van der Waals surface area (Å²) in [4.78, 5) is 41.8. The van der Waals surface area contributed by atoms with E-state index in [9.17, 15) is 14.4 Å². The fraction of sp³-hybridized carbons (Fsp3) is 0.0645. The van der Waals surface area contributed by atoms with Crippen molar-refractivity contribution in [2.75, 3.05) is 15.5 Å². The molecule has 0 aliphatic carbocycles. The molecule has 1 aliphatic heterocycles. The van der Waals surface area contributed by atoms with Crippen LogP contribution in [-0.4, -0.2) is 17.7 Å². The second-order valence-electron chi connectivity index (χ2n) is 8.86. The fourth-order valence-corrected chi connectivity index (χ4v) is 4.93. The first-order valence-electron chi connectivity index (χ1n) is 12.1. The van der Waals surface area contributed by atoms with Crippen LogP contribution in [0.25, 0.3) is 0 Å². The zero-order valence-electron chi connectivity index (χ0n) is 20.9. The van der Waals surface area contributed by atoms with Crippen molar-refractivity contribution in [2.24, 2.45) is 0 Å². The van der Waals surface area contributed by atoms with Crippen LogP contribution in [0, 0.1) is 13.8 Å². The van der Waals surface area contributed by atoms with Crippen LogP contribution in [0.15, 0.2) is 119 Å². The Labute approximate surface area is 225 Å². The van der Waals surface area contributed by atoms with Crippen LogP contribution < -0.4 is 15.5 Å². The van der Waals surface area contributed by atoms with Gasteiger partial charge in [-0.3, -0.25) is 14.4 Å². The maximum Gasteiger partial charge on any atom is 0.283 e. The Morgan fingerprint density at radius 2 is 1.34 bits per heavy atom. The van der Waals surface area contributed by atoms with Crippen molar-refractivity contribution in [1.29, 1.82) is 0 Å². The molecular formula is C31H25N3O3S. The summed E-state index contributed by atoms with van der Waals surface area (Å²) in [6, 6.07) is 30.9. The number of thioether (sulfide) groups is 1. The highest BCUT2D eigenvalue weighted by molar-refractivity contribution is 8.04. The van der Waals surface area contributed by atoms with Gasteiger partial charge in [0.15, 0.2) is 0 Å². The average Bonchev–Trinajstić information content (AvgIpc) is 3.16. The van der Waals surface area contributed by atoms with Crippen LogP contribution in [0.5, 0.6) is 0 Å². The molecule has 1 aliphatic rings. The molecule has 0 bridgehead atoms. The lowest BCUT2D eigenvalue weighted by Gasteiger charge is -2.15. The number of rotatable bonds is 7. The van der Waals surface area contributed by atoms with Gasteiger partial charge in [-0.2, -0.15) is 0 Å². The molecule has 5 rings (SSSR count). The van der Waals surface area contributed by atoms with Gasteiger partial charge in [0.2, 0.25) is 0 Å². The first-order chi connectivity index (χ1) is 18.4. The van der Waals surface area contributed by atoms with Crippen molar-refractivity contribution in [3.8, 4) is 0 Å². The van der Waals surface area contributed by atoms with Gasteiger partial charge in [0.25, 0.3) is 17.7 Å². The Balaban J connectivity index is 1.42. The van der Waals surface area contributed by atoms with Crippen molar-refractivity contribution < 1.29 is 14.4 Å². The zero-order chi connectivity index (χ0) is 26.6. The lowest BCUT2D eigenvalue weighted by atomic mass is 10.1. The molecule has 0 saturated carbocycles. The third-order valence-corrected chi connectivity index (χ3v) is 7.29. The van der Waals surface area contributed by atoms with Gasteiger partial charge in [-0.25, -0.2) is 4.90 Å². The molecule has 1 heterocycles. The number of carbonyl (C=O) groups excluding carboxylic acids is 3. The van der Waals surface area contributed by atoms with E-state index in [1.165, 1.54) is 16.7 Å². The summed E-state index contributed by atoms with van der Waals surface area (Å²) in [6.45, 7) is 4.02. The molecule has 6 nitrogen and oxygen atoms in total. The van der Waals surface area contributed by atoms with Gasteiger partial charge in [0, 0.05) is 21.8 Å². The van der Waals surface area contributed by atoms with E-state index < -0.39 is 5.91 Å². The summed E-state index contributed by atoms with van der Waals surface area (Å²) >= 11 is 1.21. The number of nitrogens with one attached hydrogen (secondary N) is 2. The number of hydrogen-bond donors (Lipinski definition) is 2. The summed E-state index contributed by atoms with van der Waals surface area (Å²) < 4.78 is 0. The molecule has 0 spiro atoms. The quantitative estimate of drug-likeness (QED) is 0.271. The van der Waals surface area contributed by atoms with E-state index in [4.69, 9.17) is 0 Å². The number of anilines is 3. The number of imide groups is 1. The van der Waals surface area contributed by atoms with Crippen LogP contribution in [0.3, 0.4) is 0 Å². The van der Waals surface area contributed by atoms with Gasteiger partial charge < -0.3 is 10.6 Å². The Morgan fingerprint density at radius 3 is 2.00 bits per heavy atom. The van der Waals surface area contributed by atoms with Gasteiger partial charge in [0.1, 0.15) is 10.6 Å². The Bertz CT molecular complexity index is 1550. The molecule has 0 radical (unpaired) electrons. The maximum absolute atomic E-state index is 13.5. The number of carbonyl (C=O) groups is 3. The minimum absolute atomic E-state index is 0.205. The summed E-state index contributed by atoms with van der Waals surface area (Å²) in [7, 11) is 0. The number of para-hydroxylation sites is 1. The van der Waals surface area contributed by atoms with Crippen molar-refractivity contribution in [1.82, 2.24) is 0 Å². The third kappa shape index (κ3) is 5.23. The van der Waals surface area contributed by atoms with E-state index in [-0.39, 0.29) is 17.5 Å². The second kappa shape index (κ2) is 10.8. The third-order valence-electron chi connectivity index (χ3n) is 6.20. The van der Waals surface area contributed by atoms with Crippen LogP contribution >= 0.6 is 11.8 Å². The second-order valence-corrected chi connectivity index (χ2v) is 9.94. The minimum Gasteiger partial charge on any atom is -0.350 e. The molecule has 4 aromatic carbocycles. The molecule has 0 saturated heterocycles. The average molecular weight is 520 g/mol. The van der Waals surface area contributed by atoms with E-state index in [1.807, 2.05) is 68.4 Å². The lowest BCUT2D eigenvalue weighted by molar-refractivity contribution is -0.120. The standard InChI is InChI=1S/C31H25N3O3S/c1-20-13-14-24(19-21(20)2)32-27-28(31(37)34(30(27)36)25-11-7-4-8-12-25)38-26-17-15-23(16-18-26)33-29(35)22-9-5-3-6-10-22/h3-19,32H,1-2H3,(H,33,35). The Kier molecular flexibility index (Phi) is 7.11. The van der Waals surface area contributed by atoms with E-state index in [2.05, 4.69) is 10.6 Å². The van der Waals surface area contributed by atoms with E-state index >= 15 is 0 Å². The topological polar surface area (TPSA) is 78.5 Å². The van der Waals surface area contributed by atoms with Gasteiger partial charge in [-0.1, -0.05) is 54.2 Å². The molecule has 0 atom stereocenters. The van der Waals surface area contributed by atoms with Gasteiger partial charge >= 0.3 is 0 Å².